The van der Waals surface area contributed by atoms with Crippen LogP contribution in [0, 0.1) is 24.4 Å². The van der Waals surface area contributed by atoms with Gasteiger partial charge in [-0.2, -0.15) is 8.42 Å². The van der Waals surface area contributed by atoms with Gasteiger partial charge >= 0.3 is 10.1 Å². The number of carbonyl (C=O) groups is 1. The van der Waals surface area contributed by atoms with E-state index < -0.39 is 44.3 Å². The Labute approximate surface area is 141 Å². The maximum Gasteiger partial charge on any atom is 0.316 e. The fraction of sp³-hybridized carbons (Fsp3) is 0.200. The van der Waals surface area contributed by atoms with Crippen molar-refractivity contribution in [1.82, 2.24) is 4.98 Å². The van der Waals surface area contributed by atoms with Gasteiger partial charge in [-0.25, -0.2) is 18.2 Å². The van der Waals surface area contributed by atoms with Crippen molar-refractivity contribution in [1.29, 1.82) is 0 Å². The molecule has 1 aromatic carbocycles. The van der Waals surface area contributed by atoms with Crippen LogP contribution in [0.25, 0.3) is 0 Å². The number of primary amides is 1. The van der Waals surface area contributed by atoms with E-state index in [1.54, 1.807) is 0 Å². The molecule has 0 saturated heterocycles. The lowest BCUT2D eigenvalue weighted by atomic mass is 10.1. The quantitative estimate of drug-likeness (QED) is 0.640. The molecule has 0 bridgehead atoms. The third kappa shape index (κ3) is 3.73. The lowest BCUT2D eigenvalue weighted by molar-refractivity contribution is 0.0995. The van der Waals surface area contributed by atoms with E-state index in [1.807, 2.05) is 0 Å². The van der Waals surface area contributed by atoms with Gasteiger partial charge in [0.1, 0.15) is 16.8 Å². The predicted molar refractivity (Wildman–Crippen MR) is 81.8 cm³/mol. The lowest BCUT2D eigenvalue weighted by Crippen LogP contribution is -2.20. The molecule has 6 nitrogen and oxygen atoms in total. The van der Waals surface area contributed by atoms with Crippen LogP contribution in [0.3, 0.4) is 0 Å². The van der Waals surface area contributed by atoms with E-state index in [2.05, 4.69) is 4.98 Å². The second-order valence-corrected chi connectivity index (χ2v) is 7.03. The number of amides is 1. The maximum atomic E-state index is 13.8. The van der Waals surface area contributed by atoms with E-state index >= 15 is 0 Å². The Morgan fingerprint density at radius 2 is 1.84 bits per heavy atom. The minimum Gasteiger partial charge on any atom is -0.380 e. The molecule has 1 unspecified atom stereocenters. The van der Waals surface area contributed by atoms with Gasteiger partial charge in [0, 0.05) is 5.56 Å². The second kappa shape index (κ2) is 6.71. The van der Waals surface area contributed by atoms with Crippen molar-refractivity contribution < 1.29 is 30.6 Å². The average Bonchev–Trinajstić information content (AvgIpc) is 2.52. The van der Waals surface area contributed by atoms with Gasteiger partial charge in [-0.05, 0) is 37.6 Å². The van der Waals surface area contributed by atoms with Crippen molar-refractivity contribution in [3.63, 3.8) is 0 Å². The van der Waals surface area contributed by atoms with Crippen LogP contribution in [0.1, 0.15) is 33.8 Å². The van der Waals surface area contributed by atoms with Crippen LogP contribution in [0.4, 0.5) is 13.2 Å². The van der Waals surface area contributed by atoms with Crippen LogP contribution in [-0.2, 0) is 10.1 Å². The number of rotatable bonds is 5. The molecule has 0 spiro atoms. The number of aromatic nitrogens is 1. The summed E-state index contributed by atoms with van der Waals surface area (Å²) >= 11 is 0. The first-order valence-corrected chi connectivity index (χ1v) is 8.35. The summed E-state index contributed by atoms with van der Waals surface area (Å²) in [5.74, 6) is -5.30. The Balaban J connectivity index is 2.40. The number of aryl methyl sites for hydroxylation is 1. The third-order valence-electron chi connectivity index (χ3n) is 3.44. The van der Waals surface area contributed by atoms with Crippen LogP contribution in [0.5, 0.6) is 5.75 Å². The van der Waals surface area contributed by atoms with Crippen LogP contribution in [0.15, 0.2) is 24.4 Å². The van der Waals surface area contributed by atoms with Crippen molar-refractivity contribution >= 4 is 16.0 Å². The highest BCUT2D eigenvalue weighted by molar-refractivity contribution is 7.87. The van der Waals surface area contributed by atoms with Crippen molar-refractivity contribution in [3.05, 3.63) is 58.7 Å². The molecule has 0 fully saturated rings. The molecular formula is C15H13F3N2O4S. The van der Waals surface area contributed by atoms with E-state index in [1.165, 1.54) is 13.0 Å². The van der Waals surface area contributed by atoms with Crippen molar-refractivity contribution in [3.8, 4) is 5.75 Å². The molecule has 0 aliphatic heterocycles. The topological polar surface area (TPSA) is 99.3 Å². The molecule has 134 valence electrons. The van der Waals surface area contributed by atoms with Crippen LogP contribution in [0.2, 0.25) is 0 Å². The third-order valence-corrected chi connectivity index (χ3v) is 4.95. The summed E-state index contributed by atoms with van der Waals surface area (Å²) < 4.78 is 70.3. The predicted octanol–water partition coefficient (Wildman–Crippen LogP) is 2.38. The summed E-state index contributed by atoms with van der Waals surface area (Å²) in [6.07, 6.45) is 0.942. The Hall–Kier alpha value is -2.62. The van der Waals surface area contributed by atoms with Gasteiger partial charge < -0.3 is 9.92 Å². The smallest absolute Gasteiger partial charge is 0.316 e. The molecule has 1 atom stereocenters. The number of nitrogens with zero attached hydrogens (tertiary/aromatic N) is 1. The normalized spacial score (nSPS) is 12.7. The number of hydrogen-bond acceptors (Lipinski definition) is 5. The standard InChI is InChI=1S/C15H13F3N2O4S/c1-7-5-11(15(19)21)20-6-12(7)24-25(22,23)8(2)13-9(16)3-4-10(17)14(13)18/h3-6,8H,1-2H3,(H2,19,21). The molecule has 0 aliphatic carbocycles. The summed E-state index contributed by atoms with van der Waals surface area (Å²) in [7, 11) is -4.59. The molecule has 0 saturated carbocycles. The fourth-order valence-corrected chi connectivity index (χ4v) is 3.10. The fourth-order valence-electron chi connectivity index (χ4n) is 2.02. The van der Waals surface area contributed by atoms with Gasteiger partial charge in [-0.15, -0.1) is 0 Å². The first-order valence-electron chi connectivity index (χ1n) is 6.87. The minimum absolute atomic E-state index is 0.113. The number of nitrogens with two attached hydrogens (primary N) is 1. The van der Waals surface area contributed by atoms with Gasteiger partial charge in [0.2, 0.25) is 0 Å². The summed E-state index contributed by atoms with van der Waals surface area (Å²) in [5, 5.41) is -1.83. The Morgan fingerprint density at radius 1 is 1.24 bits per heavy atom. The second-order valence-electron chi connectivity index (χ2n) is 5.17. The molecule has 1 heterocycles. The monoisotopic (exact) mass is 374 g/mol. The Morgan fingerprint density at radius 3 is 2.40 bits per heavy atom. The van der Waals surface area contributed by atoms with Gasteiger partial charge in [-0.3, -0.25) is 4.79 Å². The molecule has 2 aromatic rings. The average molecular weight is 374 g/mol. The molecule has 10 heteroatoms. The van der Waals surface area contributed by atoms with Crippen molar-refractivity contribution in [2.24, 2.45) is 5.73 Å². The van der Waals surface area contributed by atoms with Crippen LogP contribution < -0.4 is 9.92 Å². The van der Waals surface area contributed by atoms with Crippen molar-refractivity contribution in [2.75, 3.05) is 0 Å². The summed E-state index contributed by atoms with van der Waals surface area (Å²) in [5.41, 5.74) is 4.17. The SMILES string of the molecule is Cc1cc(C(N)=O)ncc1OS(=O)(=O)C(C)c1c(F)ccc(F)c1F. The van der Waals surface area contributed by atoms with E-state index in [0.717, 1.165) is 13.1 Å². The first-order chi connectivity index (χ1) is 11.5. The van der Waals surface area contributed by atoms with E-state index in [4.69, 9.17) is 9.92 Å². The lowest BCUT2D eigenvalue weighted by Gasteiger charge is -2.16. The zero-order valence-corrected chi connectivity index (χ0v) is 13.9. The highest BCUT2D eigenvalue weighted by atomic mass is 32.2. The van der Waals surface area contributed by atoms with Crippen LogP contribution >= 0.6 is 0 Å². The molecule has 25 heavy (non-hydrogen) atoms. The van der Waals surface area contributed by atoms with E-state index in [0.29, 0.717) is 12.1 Å². The van der Waals surface area contributed by atoms with E-state index in [9.17, 15) is 26.4 Å². The molecule has 0 radical (unpaired) electrons. The largest absolute Gasteiger partial charge is 0.380 e. The van der Waals surface area contributed by atoms with Crippen LogP contribution in [-0.4, -0.2) is 19.3 Å². The van der Waals surface area contributed by atoms with Crippen molar-refractivity contribution in [2.45, 2.75) is 19.1 Å². The number of pyridine rings is 1. The Kier molecular flexibility index (Phi) is 5.02. The van der Waals surface area contributed by atoms with Gasteiger partial charge in [0.25, 0.3) is 5.91 Å². The Bertz CT molecular complexity index is 948. The molecule has 2 N–H and O–H groups in total. The number of carbonyl (C=O) groups excluding carboxylic acids is 1. The summed E-state index contributed by atoms with van der Waals surface area (Å²) in [6, 6.07) is 2.36. The number of hydrogen-bond donors (Lipinski definition) is 1. The maximum absolute atomic E-state index is 13.8. The molecular weight excluding hydrogens is 361 g/mol. The van der Waals surface area contributed by atoms with Gasteiger partial charge in [0.15, 0.2) is 17.4 Å². The van der Waals surface area contributed by atoms with Gasteiger partial charge in [0.05, 0.1) is 6.20 Å². The number of benzene rings is 1. The van der Waals surface area contributed by atoms with E-state index in [-0.39, 0.29) is 17.0 Å². The molecule has 2 rings (SSSR count). The molecule has 1 amide bonds. The number of halogens is 3. The molecule has 0 aliphatic rings. The van der Waals surface area contributed by atoms with Gasteiger partial charge in [-0.1, -0.05) is 0 Å². The summed E-state index contributed by atoms with van der Waals surface area (Å²) in [6.45, 7) is 2.38. The minimum atomic E-state index is -4.59. The highest BCUT2D eigenvalue weighted by Crippen LogP contribution is 2.31. The zero-order chi connectivity index (χ0) is 18.9. The zero-order valence-electron chi connectivity index (χ0n) is 13.1. The highest BCUT2D eigenvalue weighted by Gasteiger charge is 2.32. The summed E-state index contributed by atoms with van der Waals surface area (Å²) in [4.78, 5) is 14.7. The first kappa shape index (κ1) is 18.7. The molecule has 1 aromatic heterocycles.